The quantitative estimate of drug-likeness (QED) is 0.609. The molecule has 1 N–H and O–H groups in total. The van der Waals surface area contributed by atoms with Gasteiger partial charge < -0.3 is 14.3 Å². The SMILES string of the molecule is Cc1nccn1-c1cc(NC(=O)c2cc(-c3ccco3)on2)ncn1. The highest BCUT2D eigenvalue weighted by Gasteiger charge is 2.16. The molecular formula is C16H12N6O3. The topological polar surface area (TPSA) is 112 Å². The summed E-state index contributed by atoms with van der Waals surface area (Å²) in [6.07, 6.45) is 6.32. The van der Waals surface area contributed by atoms with Crippen LogP contribution in [0.2, 0.25) is 0 Å². The number of aryl methyl sites for hydroxylation is 1. The number of hydrogen-bond donors (Lipinski definition) is 1. The molecule has 0 saturated carbocycles. The van der Waals surface area contributed by atoms with E-state index in [9.17, 15) is 4.79 Å². The van der Waals surface area contributed by atoms with Gasteiger partial charge in [0, 0.05) is 24.5 Å². The molecule has 0 radical (unpaired) electrons. The molecule has 4 rings (SSSR count). The second-order valence-corrected chi connectivity index (χ2v) is 5.11. The third-order valence-corrected chi connectivity index (χ3v) is 3.47. The van der Waals surface area contributed by atoms with Crippen molar-refractivity contribution in [2.24, 2.45) is 0 Å². The first-order chi connectivity index (χ1) is 12.2. The monoisotopic (exact) mass is 336 g/mol. The van der Waals surface area contributed by atoms with Crippen molar-refractivity contribution in [2.75, 3.05) is 5.32 Å². The highest BCUT2D eigenvalue weighted by molar-refractivity contribution is 6.02. The van der Waals surface area contributed by atoms with Gasteiger partial charge in [-0.2, -0.15) is 0 Å². The fourth-order valence-corrected chi connectivity index (χ4v) is 2.26. The van der Waals surface area contributed by atoms with E-state index < -0.39 is 5.91 Å². The fourth-order valence-electron chi connectivity index (χ4n) is 2.26. The van der Waals surface area contributed by atoms with Crippen LogP contribution in [0, 0.1) is 6.92 Å². The van der Waals surface area contributed by atoms with Crippen LogP contribution in [0.3, 0.4) is 0 Å². The van der Waals surface area contributed by atoms with Crippen molar-refractivity contribution in [3.8, 4) is 17.3 Å². The predicted octanol–water partition coefficient (Wildman–Crippen LogP) is 2.47. The Bertz CT molecular complexity index is 1020. The zero-order chi connectivity index (χ0) is 17.2. The van der Waals surface area contributed by atoms with Crippen molar-refractivity contribution in [1.82, 2.24) is 24.7 Å². The highest BCUT2D eigenvalue weighted by atomic mass is 16.5. The molecule has 4 aromatic heterocycles. The summed E-state index contributed by atoms with van der Waals surface area (Å²) in [5, 5.41) is 6.41. The van der Waals surface area contributed by atoms with Gasteiger partial charge in [-0.05, 0) is 19.1 Å². The molecular weight excluding hydrogens is 324 g/mol. The Morgan fingerprint density at radius 3 is 2.88 bits per heavy atom. The summed E-state index contributed by atoms with van der Waals surface area (Å²) in [5.41, 5.74) is 0.116. The van der Waals surface area contributed by atoms with Gasteiger partial charge >= 0.3 is 0 Å². The van der Waals surface area contributed by atoms with Crippen LogP contribution in [0.15, 0.2) is 58.2 Å². The minimum atomic E-state index is -0.450. The van der Waals surface area contributed by atoms with Gasteiger partial charge in [0.05, 0.1) is 6.26 Å². The van der Waals surface area contributed by atoms with Gasteiger partial charge in [-0.1, -0.05) is 5.16 Å². The van der Waals surface area contributed by atoms with Crippen molar-refractivity contribution in [3.05, 3.63) is 60.8 Å². The number of imidazole rings is 1. The third kappa shape index (κ3) is 2.90. The Balaban J connectivity index is 1.54. The van der Waals surface area contributed by atoms with E-state index in [1.807, 2.05) is 6.92 Å². The largest absolute Gasteiger partial charge is 0.461 e. The molecule has 4 aromatic rings. The summed E-state index contributed by atoms with van der Waals surface area (Å²) in [7, 11) is 0. The molecule has 0 spiro atoms. The van der Waals surface area contributed by atoms with Crippen LogP contribution in [0.25, 0.3) is 17.3 Å². The van der Waals surface area contributed by atoms with E-state index >= 15 is 0 Å². The number of nitrogens with zero attached hydrogens (tertiary/aromatic N) is 5. The van der Waals surface area contributed by atoms with E-state index in [-0.39, 0.29) is 5.69 Å². The molecule has 0 atom stereocenters. The molecule has 9 nitrogen and oxygen atoms in total. The van der Waals surface area contributed by atoms with Crippen LogP contribution in [0.4, 0.5) is 5.82 Å². The normalized spacial score (nSPS) is 10.8. The first-order valence-electron chi connectivity index (χ1n) is 7.35. The summed E-state index contributed by atoms with van der Waals surface area (Å²) in [6.45, 7) is 1.85. The van der Waals surface area contributed by atoms with Crippen LogP contribution in [0.5, 0.6) is 0 Å². The van der Waals surface area contributed by atoms with E-state index in [4.69, 9.17) is 8.94 Å². The highest BCUT2D eigenvalue weighted by Crippen LogP contribution is 2.21. The molecule has 4 heterocycles. The first-order valence-corrected chi connectivity index (χ1v) is 7.35. The Kier molecular flexibility index (Phi) is 3.58. The molecule has 1 amide bonds. The number of anilines is 1. The minimum absolute atomic E-state index is 0.116. The molecule has 0 unspecified atom stereocenters. The maximum absolute atomic E-state index is 12.3. The molecule has 0 bridgehead atoms. The predicted molar refractivity (Wildman–Crippen MR) is 86.0 cm³/mol. The molecule has 0 aliphatic heterocycles. The standard InChI is InChI=1S/C16H12N6O3/c1-10-17-4-5-22(10)15-8-14(18-9-19-15)20-16(23)11-7-13(25-21-11)12-3-2-6-24-12/h2-9H,1H3,(H,18,19,20,23). The van der Waals surface area contributed by atoms with E-state index in [1.54, 1.807) is 35.2 Å². The average molecular weight is 336 g/mol. The van der Waals surface area contributed by atoms with Crippen molar-refractivity contribution in [3.63, 3.8) is 0 Å². The summed E-state index contributed by atoms with van der Waals surface area (Å²) >= 11 is 0. The number of rotatable bonds is 4. The van der Waals surface area contributed by atoms with Gasteiger partial charge in [0.2, 0.25) is 5.76 Å². The lowest BCUT2D eigenvalue weighted by molar-refractivity contribution is 0.101. The lowest BCUT2D eigenvalue weighted by Crippen LogP contribution is -2.14. The Morgan fingerprint density at radius 1 is 1.20 bits per heavy atom. The Morgan fingerprint density at radius 2 is 2.12 bits per heavy atom. The number of carbonyl (C=O) groups is 1. The second-order valence-electron chi connectivity index (χ2n) is 5.11. The summed E-state index contributed by atoms with van der Waals surface area (Å²) in [4.78, 5) is 24.7. The molecule has 0 aliphatic carbocycles. The van der Waals surface area contributed by atoms with Crippen molar-refractivity contribution in [2.45, 2.75) is 6.92 Å². The number of amides is 1. The smallest absolute Gasteiger partial charge is 0.279 e. The van der Waals surface area contributed by atoms with Gasteiger partial charge in [-0.15, -0.1) is 0 Å². The van der Waals surface area contributed by atoms with E-state index in [0.29, 0.717) is 23.2 Å². The third-order valence-electron chi connectivity index (χ3n) is 3.47. The maximum atomic E-state index is 12.3. The summed E-state index contributed by atoms with van der Waals surface area (Å²) in [6, 6.07) is 6.57. The lowest BCUT2D eigenvalue weighted by Gasteiger charge is -2.06. The van der Waals surface area contributed by atoms with Crippen LogP contribution < -0.4 is 5.32 Å². The molecule has 0 aliphatic rings. The van der Waals surface area contributed by atoms with Crippen molar-refractivity contribution >= 4 is 11.7 Å². The van der Waals surface area contributed by atoms with E-state index in [0.717, 1.165) is 5.82 Å². The zero-order valence-electron chi connectivity index (χ0n) is 13.1. The average Bonchev–Trinajstić information content (AvgIpc) is 3.36. The van der Waals surface area contributed by atoms with Gasteiger partial charge in [-0.3, -0.25) is 9.36 Å². The lowest BCUT2D eigenvalue weighted by atomic mass is 10.3. The van der Waals surface area contributed by atoms with Gasteiger partial charge in [0.1, 0.15) is 23.8 Å². The van der Waals surface area contributed by atoms with Crippen LogP contribution in [0.1, 0.15) is 16.3 Å². The maximum Gasteiger partial charge on any atom is 0.279 e. The van der Waals surface area contributed by atoms with Gasteiger partial charge in [-0.25, -0.2) is 15.0 Å². The fraction of sp³-hybridized carbons (Fsp3) is 0.0625. The Labute approximate surface area is 141 Å². The van der Waals surface area contributed by atoms with Gasteiger partial charge in [0.25, 0.3) is 5.91 Å². The first kappa shape index (κ1) is 14.8. The molecule has 9 heteroatoms. The number of hydrogen-bond acceptors (Lipinski definition) is 7. The number of aromatic nitrogens is 5. The number of carbonyl (C=O) groups excluding carboxylic acids is 1. The number of nitrogens with one attached hydrogen (secondary N) is 1. The van der Waals surface area contributed by atoms with Crippen LogP contribution >= 0.6 is 0 Å². The minimum Gasteiger partial charge on any atom is -0.461 e. The summed E-state index contributed by atoms with van der Waals surface area (Å²) < 4.78 is 12.1. The second kappa shape index (κ2) is 6.04. The molecule has 0 fully saturated rings. The molecule has 0 aromatic carbocycles. The molecule has 25 heavy (non-hydrogen) atoms. The van der Waals surface area contributed by atoms with Gasteiger partial charge in [0.15, 0.2) is 11.5 Å². The van der Waals surface area contributed by atoms with Crippen molar-refractivity contribution in [1.29, 1.82) is 0 Å². The number of furan rings is 1. The van der Waals surface area contributed by atoms with E-state index in [1.165, 1.54) is 18.7 Å². The Hall–Kier alpha value is -3.75. The van der Waals surface area contributed by atoms with E-state index in [2.05, 4.69) is 25.4 Å². The van der Waals surface area contributed by atoms with Crippen molar-refractivity contribution < 1.29 is 13.7 Å². The van der Waals surface area contributed by atoms with Crippen LogP contribution in [-0.2, 0) is 0 Å². The van der Waals surface area contributed by atoms with Crippen LogP contribution in [-0.4, -0.2) is 30.6 Å². The molecule has 0 saturated heterocycles. The zero-order valence-corrected chi connectivity index (χ0v) is 13.1. The summed E-state index contributed by atoms with van der Waals surface area (Å²) in [5.74, 6) is 2.12. The molecule has 124 valence electrons.